The highest BCUT2D eigenvalue weighted by Crippen LogP contribution is 2.40. The first-order chi connectivity index (χ1) is 20.2. The molecule has 0 saturated carbocycles. The lowest BCUT2D eigenvalue weighted by Gasteiger charge is -2.07. The number of thiophene rings is 1. The van der Waals surface area contributed by atoms with Gasteiger partial charge >= 0.3 is 0 Å². The largest absolute Gasteiger partial charge is 0.135 e. The van der Waals surface area contributed by atoms with Gasteiger partial charge in [-0.15, -0.1) is 11.3 Å². The Balaban J connectivity index is 1.21. The van der Waals surface area contributed by atoms with Crippen LogP contribution in [0.2, 0.25) is 0 Å². The van der Waals surface area contributed by atoms with Crippen LogP contribution in [0.15, 0.2) is 146 Å². The van der Waals surface area contributed by atoms with Crippen molar-refractivity contribution in [3.63, 3.8) is 0 Å². The zero-order valence-corrected chi connectivity index (χ0v) is 23.1. The fraction of sp³-hybridized carbons (Fsp3) is 0. The van der Waals surface area contributed by atoms with Crippen LogP contribution in [-0.2, 0) is 0 Å². The van der Waals surface area contributed by atoms with E-state index >= 15 is 0 Å². The molecule has 0 N–H and O–H groups in total. The van der Waals surface area contributed by atoms with E-state index in [2.05, 4.69) is 146 Å². The first kappa shape index (κ1) is 22.8. The van der Waals surface area contributed by atoms with Gasteiger partial charge in [-0.1, -0.05) is 84.9 Å². The third-order valence-electron chi connectivity index (χ3n) is 8.51. The maximum atomic E-state index is 2.40. The predicted molar refractivity (Wildman–Crippen MR) is 180 cm³/mol. The third-order valence-corrected chi connectivity index (χ3v) is 9.63. The average Bonchev–Trinajstić information content (AvgIpc) is 3.36. The smallest absolute Gasteiger partial charge is 0.0361 e. The molecule has 0 atom stereocenters. The molecule has 0 bridgehead atoms. The minimum Gasteiger partial charge on any atom is -0.135 e. The predicted octanol–water partition coefficient (Wildman–Crippen LogP) is 12.0. The molecule has 41 heavy (non-hydrogen) atoms. The Bertz CT molecular complexity index is 2280. The molecule has 0 fully saturated rings. The van der Waals surface area contributed by atoms with Crippen LogP contribution >= 0.6 is 11.3 Å². The van der Waals surface area contributed by atoms with Gasteiger partial charge < -0.3 is 0 Å². The second kappa shape index (κ2) is 8.76. The first-order valence-corrected chi connectivity index (χ1v) is 14.9. The van der Waals surface area contributed by atoms with Crippen LogP contribution in [0.3, 0.4) is 0 Å². The van der Waals surface area contributed by atoms with Gasteiger partial charge in [0.25, 0.3) is 0 Å². The molecule has 0 aliphatic carbocycles. The highest BCUT2D eigenvalue weighted by molar-refractivity contribution is 7.26. The molecule has 1 heterocycles. The molecule has 9 aromatic rings. The molecule has 0 aliphatic rings. The van der Waals surface area contributed by atoms with Crippen LogP contribution in [0.1, 0.15) is 0 Å². The summed E-state index contributed by atoms with van der Waals surface area (Å²) >= 11 is 1.90. The van der Waals surface area contributed by atoms with Crippen molar-refractivity contribution in [2.75, 3.05) is 0 Å². The minimum absolute atomic E-state index is 1.26. The van der Waals surface area contributed by atoms with Crippen LogP contribution in [-0.4, -0.2) is 0 Å². The summed E-state index contributed by atoms with van der Waals surface area (Å²) in [7, 11) is 0. The van der Waals surface area contributed by atoms with Crippen molar-refractivity contribution in [1.29, 1.82) is 0 Å². The van der Waals surface area contributed by atoms with E-state index in [-0.39, 0.29) is 0 Å². The van der Waals surface area contributed by atoms with Gasteiger partial charge in [0.2, 0.25) is 0 Å². The Morgan fingerprint density at radius 3 is 1.12 bits per heavy atom. The summed E-state index contributed by atoms with van der Waals surface area (Å²) in [4.78, 5) is 0. The molecular weight excluding hydrogens is 513 g/mol. The molecule has 0 unspecified atom stereocenters. The lowest BCUT2D eigenvalue weighted by Crippen LogP contribution is -1.81. The number of benzene rings is 8. The summed E-state index contributed by atoms with van der Waals surface area (Å²) < 4.78 is 2.69. The molecule has 0 radical (unpaired) electrons. The van der Waals surface area contributed by atoms with E-state index in [0.717, 1.165) is 0 Å². The molecule has 8 aromatic carbocycles. The van der Waals surface area contributed by atoms with E-state index in [0.29, 0.717) is 0 Å². The summed E-state index contributed by atoms with van der Waals surface area (Å²) in [5, 5.41) is 13.0. The zero-order valence-electron chi connectivity index (χ0n) is 22.3. The molecule has 1 aromatic heterocycles. The number of hydrogen-bond acceptors (Lipinski definition) is 1. The molecule has 0 nitrogen and oxygen atoms in total. The average molecular weight is 537 g/mol. The van der Waals surface area contributed by atoms with Gasteiger partial charge in [0, 0.05) is 20.2 Å². The number of rotatable bonds is 2. The molecule has 1 heteroatoms. The van der Waals surface area contributed by atoms with Crippen molar-refractivity contribution < 1.29 is 0 Å². The van der Waals surface area contributed by atoms with Gasteiger partial charge in [0.15, 0.2) is 0 Å². The molecule has 0 saturated heterocycles. The second-order valence-corrected chi connectivity index (χ2v) is 12.1. The Morgan fingerprint density at radius 2 is 0.659 bits per heavy atom. The molecule has 0 spiro atoms. The lowest BCUT2D eigenvalue weighted by atomic mass is 9.96. The van der Waals surface area contributed by atoms with Crippen molar-refractivity contribution in [1.82, 2.24) is 0 Å². The topological polar surface area (TPSA) is 0 Å². The van der Waals surface area contributed by atoms with Crippen LogP contribution in [0.4, 0.5) is 0 Å². The van der Waals surface area contributed by atoms with Gasteiger partial charge in [-0.05, 0) is 126 Å². The van der Waals surface area contributed by atoms with Crippen molar-refractivity contribution in [2.24, 2.45) is 0 Å². The van der Waals surface area contributed by atoms with Crippen LogP contribution < -0.4 is 0 Å². The minimum atomic E-state index is 1.26. The molecule has 190 valence electrons. The Morgan fingerprint density at radius 1 is 0.268 bits per heavy atom. The maximum Gasteiger partial charge on any atom is 0.0361 e. The SMILES string of the molecule is c1ccc(-c2ccc3cc4cc5c(cc4cc3c2)sc2cc3cc4cc(-c6ccccc6)ccc4cc3cc25)cc1. The molecule has 0 aliphatic heterocycles. The van der Waals surface area contributed by atoms with Crippen LogP contribution in [0.25, 0.3) is 85.5 Å². The fourth-order valence-corrected chi connectivity index (χ4v) is 7.55. The fourth-order valence-electron chi connectivity index (χ4n) is 6.39. The number of hydrogen-bond donors (Lipinski definition) is 0. The summed E-state index contributed by atoms with van der Waals surface area (Å²) in [5.74, 6) is 0. The van der Waals surface area contributed by atoms with Gasteiger partial charge in [-0.2, -0.15) is 0 Å². The second-order valence-electron chi connectivity index (χ2n) is 11.1. The molecule has 9 rings (SSSR count). The van der Waals surface area contributed by atoms with Crippen molar-refractivity contribution >= 4 is 74.6 Å². The van der Waals surface area contributed by atoms with Crippen molar-refractivity contribution in [3.8, 4) is 22.3 Å². The highest BCUT2D eigenvalue weighted by Gasteiger charge is 2.11. The van der Waals surface area contributed by atoms with E-state index in [1.165, 1.54) is 85.5 Å². The van der Waals surface area contributed by atoms with Gasteiger partial charge in [0.05, 0.1) is 0 Å². The standard InChI is InChI=1S/C40H24S/c1-3-7-25(8-4-1)27-11-13-29-17-33-21-37-38-22-34-18-30-14-12-28(26-9-5-2-6-10-26)16-32(30)20-36(34)24-40(38)41-39(37)23-35(33)19-31(29)15-27/h1-24H. The van der Waals surface area contributed by atoms with E-state index in [9.17, 15) is 0 Å². The van der Waals surface area contributed by atoms with Gasteiger partial charge in [-0.3, -0.25) is 0 Å². The maximum absolute atomic E-state index is 2.40. The van der Waals surface area contributed by atoms with E-state index in [4.69, 9.17) is 0 Å². The van der Waals surface area contributed by atoms with Crippen LogP contribution in [0, 0.1) is 0 Å². The van der Waals surface area contributed by atoms with Crippen LogP contribution in [0.5, 0.6) is 0 Å². The Labute approximate surface area is 241 Å². The molecular formula is C40H24S. The number of fused-ring (bicyclic) bond motifs is 7. The molecule has 0 amide bonds. The summed E-state index contributed by atoms with van der Waals surface area (Å²) in [6.45, 7) is 0. The monoisotopic (exact) mass is 536 g/mol. The van der Waals surface area contributed by atoms with Crippen molar-refractivity contribution in [3.05, 3.63) is 146 Å². The Kier molecular flexibility index (Phi) is 4.87. The third kappa shape index (κ3) is 3.74. The quantitative estimate of drug-likeness (QED) is 0.193. The highest BCUT2D eigenvalue weighted by atomic mass is 32.1. The van der Waals surface area contributed by atoms with Gasteiger partial charge in [0.1, 0.15) is 0 Å². The summed E-state index contributed by atoms with van der Waals surface area (Å²) in [6.07, 6.45) is 0. The van der Waals surface area contributed by atoms with Gasteiger partial charge in [-0.25, -0.2) is 0 Å². The first-order valence-electron chi connectivity index (χ1n) is 14.1. The lowest BCUT2D eigenvalue weighted by molar-refractivity contribution is 1.65. The summed E-state index contributed by atoms with van der Waals surface area (Å²) in [6, 6.07) is 53.9. The Hall–Kier alpha value is -4.98. The van der Waals surface area contributed by atoms with E-state index in [1.54, 1.807) is 0 Å². The van der Waals surface area contributed by atoms with Crippen molar-refractivity contribution in [2.45, 2.75) is 0 Å². The van der Waals surface area contributed by atoms with E-state index in [1.807, 2.05) is 11.3 Å². The van der Waals surface area contributed by atoms with E-state index < -0.39 is 0 Å². The normalized spacial score (nSPS) is 11.9. The zero-order chi connectivity index (χ0) is 26.9. The summed E-state index contributed by atoms with van der Waals surface area (Å²) in [5.41, 5.74) is 5.03.